The number of rotatable bonds is 3. The van der Waals surface area contributed by atoms with E-state index in [2.05, 4.69) is 47.4 Å². The number of halogens is 1. The zero-order valence-electron chi connectivity index (χ0n) is 10.2. The Labute approximate surface area is 113 Å². The fraction of sp³-hybridized carbons (Fsp3) is 0.250. The van der Waals surface area contributed by atoms with E-state index >= 15 is 0 Å². The van der Waals surface area contributed by atoms with E-state index in [0.717, 1.165) is 5.02 Å². The van der Waals surface area contributed by atoms with Crippen LogP contribution in [-0.2, 0) is 0 Å². The number of benzene rings is 2. The molecule has 92 valence electrons. The largest absolute Gasteiger partial charge is 0.292 e. The minimum Gasteiger partial charge on any atom is -0.292 e. The van der Waals surface area contributed by atoms with Crippen molar-refractivity contribution in [1.82, 2.24) is 4.90 Å². The standard InChI is InChI=1S/C16H16ClN/c17-15-9-7-14(8-10-15)16(18-11-4-12-18)13-5-2-1-3-6-13/h1-3,5-10,16H,4,11-12H2. The van der Waals surface area contributed by atoms with Crippen LogP contribution < -0.4 is 0 Å². The molecular weight excluding hydrogens is 242 g/mol. The molecule has 1 aliphatic rings. The molecule has 2 aromatic rings. The molecule has 0 N–H and O–H groups in total. The highest BCUT2D eigenvalue weighted by Crippen LogP contribution is 2.32. The molecule has 1 fully saturated rings. The Bertz CT molecular complexity index is 502. The monoisotopic (exact) mass is 257 g/mol. The van der Waals surface area contributed by atoms with Crippen molar-refractivity contribution in [1.29, 1.82) is 0 Å². The van der Waals surface area contributed by atoms with Crippen molar-refractivity contribution in [2.75, 3.05) is 13.1 Å². The van der Waals surface area contributed by atoms with Crippen molar-refractivity contribution in [3.63, 3.8) is 0 Å². The molecule has 1 unspecified atom stereocenters. The second kappa shape index (κ2) is 5.13. The minimum atomic E-state index is 0.372. The van der Waals surface area contributed by atoms with E-state index in [1.54, 1.807) is 0 Å². The van der Waals surface area contributed by atoms with Crippen LogP contribution in [0.5, 0.6) is 0 Å². The average Bonchev–Trinajstić information content (AvgIpc) is 2.36. The van der Waals surface area contributed by atoms with Gasteiger partial charge in [-0.2, -0.15) is 0 Å². The Kier molecular flexibility index (Phi) is 3.35. The van der Waals surface area contributed by atoms with Gasteiger partial charge in [-0.15, -0.1) is 0 Å². The molecule has 1 heterocycles. The molecule has 1 saturated heterocycles. The van der Waals surface area contributed by atoms with Gasteiger partial charge in [-0.25, -0.2) is 0 Å². The second-order valence-electron chi connectivity index (χ2n) is 4.75. The molecule has 0 bridgehead atoms. The summed E-state index contributed by atoms with van der Waals surface area (Å²) >= 11 is 5.98. The first-order valence-corrected chi connectivity index (χ1v) is 6.77. The molecule has 2 heteroatoms. The first-order valence-electron chi connectivity index (χ1n) is 6.39. The van der Waals surface area contributed by atoms with Crippen molar-refractivity contribution < 1.29 is 0 Å². The maximum absolute atomic E-state index is 5.98. The first-order chi connectivity index (χ1) is 8.84. The van der Waals surface area contributed by atoms with Crippen LogP contribution in [0.4, 0.5) is 0 Å². The molecule has 1 atom stereocenters. The van der Waals surface area contributed by atoms with Crippen molar-refractivity contribution in [3.8, 4) is 0 Å². The van der Waals surface area contributed by atoms with Crippen LogP contribution in [0.1, 0.15) is 23.6 Å². The van der Waals surface area contributed by atoms with Crippen LogP contribution in [0, 0.1) is 0 Å². The zero-order chi connectivity index (χ0) is 12.4. The Balaban J connectivity index is 1.97. The predicted molar refractivity (Wildman–Crippen MR) is 75.9 cm³/mol. The minimum absolute atomic E-state index is 0.372. The first kappa shape index (κ1) is 11.8. The summed E-state index contributed by atoms with van der Waals surface area (Å²) in [6, 6.07) is 19.3. The Morgan fingerprint density at radius 1 is 0.833 bits per heavy atom. The number of hydrogen-bond donors (Lipinski definition) is 0. The third-order valence-electron chi connectivity index (χ3n) is 3.56. The summed E-state index contributed by atoms with van der Waals surface area (Å²) in [6.45, 7) is 2.37. The van der Waals surface area contributed by atoms with Crippen LogP contribution >= 0.6 is 11.6 Å². The van der Waals surface area contributed by atoms with Gasteiger partial charge in [0, 0.05) is 18.1 Å². The van der Waals surface area contributed by atoms with Gasteiger partial charge in [0.1, 0.15) is 0 Å². The van der Waals surface area contributed by atoms with Crippen LogP contribution in [0.2, 0.25) is 5.02 Å². The summed E-state index contributed by atoms with van der Waals surface area (Å²) in [4.78, 5) is 2.51. The lowest BCUT2D eigenvalue weighted by Crippen LogP contribution is -2.40. The Morgan fingerprint density at radius 2 is 1.44 bits per heavy atom. The zero-order valence-corrected chi connectivity index (χ0v) is 11.0. The second-order valence-corrected chi connectivity index (χ2v) is 5.19. The summed E-state index contributed by atoms with van der Waals surface area (Å²) < 4.78 is 0. The highest BCUT2D eigenvalue weighted by atomic mass is 35.5. The predicted octanol–water partition coefficient (Wildman–Crippen LogP) is 4.14. The summed E-state index contributed by atoms with van der Waals surface area (Å²) in [5.41, 5.74) is 2.69. The van der Waals surface area contributed by atoms with Crippen molar-refractivity contribution in [3.05, 3.63) is 70.7 Å². The molecule has 0 amide bonds. The molecule has 3 rings (SSSR count). The highest BCUT2D eigenvalue weighted by molar-refractivity contribution is 6.30. The summed E-state index contributed by atoms with van der Waals surface area (Å²) in [5.74, 6) is 0. The van der Waals surface area contributed by atoms with Gasteiger partial charge in [-0.3, -0.25) is 4.90 Å². The Morgan fingerprint density at radius 3 is 2.00 bits per heavy atom. The lowest BCUT2D eigenvalue weighted by atomic mass is 9.94. The third-order valence-corrected chi connectivity index (χ3v) is 3.81. The van der Waals surface area contributed by atoms with Gasteiger partial charge in [0.25, 0.3) is 0 Å². The smallest absolute Gasteiger partial charge is 0.0601 e. The summed E-state index contributed by atoms with van der Waals surface area (Å²) in [7, 11) is 0. The molecule has 0 aromatic heterocycles. The normalized spacial score (nSPS) is 17.2. The topological polar surface area (TPSA) is 3.24 Å². The van der Waals surface area contributed by atoms with Gasteiger partial charge in [0.05, 0.1) is 6.04 Å². The van der Waals surface area contributed by atoms with E-state index in [9.17, 15) is 0 Å². The maximum Gasteiger partial charge on any atom is 0.0601 e. The van der Waals surface area contributed by atoms with E-state index in [1.165, 1.54) is 30.6 Å². The molecule has 1 nitrogen and oxygen atoms in total. The SMILES string of the molecule is Clc1ccc(C(c2ccccc2)N2CCC2)cc1. The highest BCUT2D eigenvalue weighted by Gasteiger charge is 2.26. The molecule has 1 aliphatic heterocycles. The van der Waals surface area contributed by atoms with Crippen molar-refractivity contribution in [2.45, 2.75) is 12.5 Å². The number of hydrogen-bond acceptors (Lipinski definition) is 1. The average molecular weight is 258 g/mol. The number of likely N-dealkylation sites (tertiary alicyclic amines) is 1. The lowest BCUT2D eigenvalue weighted by molar-refractivity contribution is 0.140. The van der Waals surface area contributed by atoms with Crippen LogP contribution in [0.25, 0.3) is 0 Å². The molecule has 0 saturated carbocycles. The quantitative estimate of drug-likeness (QED) is 0.799. The van der Waals surface area contributed by atoms with E-state index in [0.29, 0.717) is 6.04 Å². The fourth-order valence-electron chi connectivity index (χ4n) is 2.49. The van der Waals surface area contributed by atoms with E-state index in [1.807, 2.05) is 12.1 Å². The van der Waals surface area contributed by atoms with Gasteiger partial charge in [0.2, 0.25) is 0 Å². The van der Waals surface area contributed by atoms with E-state index in [-0.39, 0.29) is 0 Å². The molecular formula is C16H16ClN. The Hall–Kier alpha value is -1.31. The fourth-order valence-corrected chi connectivity index (χ4v) is 2.62. The van der Waals surface area contributed by atoms with Gasteiger partial charge in [-0.1, -0.05) is 54.1 Å². The van der Waals surface area contributed by atoms with Crippen molar-refractivity contribution in [2.24, 2.45) is 0 Å². The molecule has 0 spiro atoms. The summed E-state index contributed by atoms with van der Waals surface area (Å²) in [6.07, 6.45) is 1.30. The van der Waals surface area contributed by atoms with Crippen LogP contribution in [0.15, 0.2) is 54.6 Å². The van der Waals surface area contributed by atoms with Gasteiger partial charge in [-0.05, 0) is 29.7 Å². The number of nitrogens with zero attached hydrogens (tertiary/aromatic N) is 1. The van der Waals surface area contributed by atoms with Crippen molar-refractivity contribution >= 4 is 11.6 Å². The third kappa shape index (κ3) is 2.29. The molecule has 2 aromatic carbocycles. The summed E-state index contributed by atoms with van der Waals surface area (Å²) in [5, 5.41) is 0.800. The lowest BCUT2D eigenvalue weighted by Gasteiger charge is -2.39. The van der Waals surface area contributed by atoms with Gasteiger partial charge in [0.15, 0.2) is 0 Å². The van der Waals surface area contributed by atoms with Gasteiger partial charge >= 0.3 is 0 Å². The van der Waals surface area contributed by atoms with Gasteiger partial charge < -0.3 is 0 Å². The van der Waals surface area contributed by atoms with E-state index < -0.39 is 0 Å². The molecule has 0 radical (unpaired) electrons. The van der Waals surface area contributed by atoms with Crippen LogP contribution in [-0.4, -0.2) is 18.0 Å². The van der Waals surface area contributed by atoms with Crippen LogP contribution in [0.3, 0.4) is 0 Å². The maximum atomic E-state index is 5.98. The van der Waals surface area contributed by atoms with E-state index in [4.69, 9.17) is 11.6 Å². The molecule has 18 heavy (non-hydrogen) atoms. The molecule has 0 aliphatic carbocycles.